The van der Waals surface area contributed by atoms with Crippen LogP contribution in [0, 0.1) is 5.82 Å². The summed E-state index contributed by atoms with van der Waals surface area (Å²) in [7, 11) is 0. The van der Waals surface area contributed by atoms with Crippen LogP contribution in [0.15, 0.2) is 22.7 Å². The molecule has 1 heterocycles. The molecule has 0 N–H and O–H groups in total. The summed E-state index contributed by atoms with van der Waals surface area (Å²) < 4.78 is 25.3. The quantitative estimate of drug-likeness (QED) is 0.757. The van der Waals surface area contributed by atoms with Crippen LogP contribution in [0.2, 0.25) is 0 Å². The van der Waals surface area contributed by atoms with Crippen molar-refractivity contribution in [2.45, 2.75) is 19.4 Å². The van der Waals surface area contributed by atoms with Crippen LogP contribution in [0.5, 0.6) is 0 Å². The van der Waals surface area contributed by atoms with E-state index in [-0.39, 0.29) is 24.2 Å². The van der Waals surface area contributed by atoms with E-state index >= 15 is 0 Å². The maximum absolute atomic E-state index is 14.2. The summed E-state index contributed by atoms with van der Waals surface area (Å²) >= 11 is 3.36. The van der Waals surface area contributed by atoms with Crippen molar-refractivity contribution in [3.8, 4) is 0 Å². The fourth-order valence-electron chi connectivity index (χ4n) is 2.47. The van der Waals surface area contributed by atoms with Crippen LogP contribution in [-0.2, 0) is 14.3 Å². The number of ether oxygens (including phenoxy) is 2. The van der Waals surface area contributed by atoms with Crippen LogP contribution in [0.4, 0.5) is 4.39 Å². The van der Waals surface area contributed by atoms with Crippen molar-refractivity contribution in [3.05, 3.63) is 34.1 Å². The van der Waals surface area contributed by atoms with Gasteiger partial charge in [0, 0.05) is 29.2 Å². The Morgan fingerprint density at radius 1 is 1.48 bits per heavy atom. The molecule has 0 bridgehead atoms. The Morgan fingerprint density at radius 2 is 2.19 bits per heavy atom. The van der Waals surface area contributed by atoms with Crippen molar-refractivity contribution in [2.75, 3.05) is 32.9 Å². The lowest BCUT2D eigenvalue weighted by atomic mass is 10.0. The highest BCUT2D eigenvalue weighted by Gasteiger charge is 2.28. The molecule has 0 amide bonds. The minimum absolute atomic E-state index is 0.140. The van der Waals surface area contributed by atoms with E-state index in [9.17, 15) is 9.18 Å². The third-order valence-electron chi connectivity index (χ3n) is 3.47. The average Bonchev–Trinajstić information content (AvgIpc) is 2.49. The maximum Gasteiger partial charge on any atom is 0.307 e. The van der Waals surface area contributed by atoms with Crippen LogP contribution in [0.3, 0.4) is 0 Å². The second-order valence-corrected chi connectivity index (χ2v) is 5.75. The number of hydrogen-bond donors (Lipinski definition) is 0. The number of benzene rings is 1. The van der Waals surface area contributed by atoms with E-state index in [0.717, 1.165) is 4.47 Å². The molecule has 0 aliphatic carbocycles. The molecule has 4 nitrogen and oxygen atoms in total. The van der Waals surface area contributed by atoms with Crippen molar-refractivity contribution in [2.24, 2.45) is 0 Å². The third kappa shape index (κ3) is 4.49. The summed E-state index contributed by atoms with van der Waals surface area (Å²) in [5.41, 5.74) is 0.513. The van der Waals surface area contributed by atoms with E-state index < -0.39 is 0 Å². The minimum Gasteiger partial charge on any atom is -0.466 e. The summed E-state index contributed by atoms with van der Waals surface area (Å²) in [4.78, 5) is 13.9. The van der Waals surface area contributed by atoms with Gasteiger partial charge in [0.15, 0.2) is 0 Å². The van der Waals surface area contributed by atoms with Gasteiger partial charge in [-0.3, -0.25) is 9.69 Å². The van der Waals surface area contributed by atoms with E-state index in [2.05, 4.69) is 20.8 Å². The Labute approximate surface area is 132 Å². The van der Waals surface area contributed by atoms with E-state index in [0.29, 0.717) is 38.5 Å². The molecule has 1 fully saturated rings. The van der Waals surface area contributed by atoms with Crippen LogP contribution in [0.25, 0.3) is 0 Å². The minimum atomic E-state index is -0.328. The molecule has 1 aromatic carbocycles. The Morgan fingerprint density at radius 3 is 2.86 bits per heavy atom. The molecule has 116 valence electrons. The lowest BCUT2D eigenvalue weighted by Gasteiger charge is -2.34. The van der Waals surface area contributed by atoms with E-state index in [1.807, 2.05) is 0 Å². The van der Waals surface area contributed by atoms with Gasteiger partial charge in [-0.2, -0.15) is 0 Å². The van der Waals surface area contributed by atoms with E-state index in [4.69, 9.17) is 9.47 Å². The number of morpholine rings is 1. The Hall–Kier alpha value is -0.980. The highest BCUT2D eigenvalue weighted by atomic mass is 79.9. The number of hydrogen-bond acceptors (Lipinski definition) is 4. The SMILES string of the molecule is CCOC(=O)CC(c1cc(Br)ccc1F)N1CCOCC1. The van der Waals surface area contributed by atoms with Gasteiger partial charge in [-0.25, -0.2) is 4.39 Å². The molecule has 0 aromatic heterocycles. The van der Waals surface area contributed by atoms with Gasteiger partial charge in [-0.15, -0.1) is 0 Å². The van der Waals surface area contributed by atoms with Crippen molar-refractivity contribution in [3.63, 3.8) is 0 Å². The number of halogens is 2. The lowest BCUT2D eigenvalue weighted by molar-refractivity contribution is -0.145. The predicted molar refractivity (Wildman–Crippen MR) is 80.5 cm³/mol. The summed E-state index contributed by atoms with van der Waals surface area (Å²) in [6, 6.07) is 4.47. The molecule has 6 heteroatoms. The smallest absolute Gasteiger partial charge is 0.307 e. The van der Waals surface area contributed by atoms with Crippen LogP contribution < -0.4 is 0 Å². The van der Waals surface area contributed by atoms with Crippen molar-refractivity contribution in [1.82, 2.24) is 4.90 Å². The standard InChI is InChI=1S/C15H19BrFNO3/c1-2-21-15(19)10-14(18-5-7-20-8-6-18)12-9-11(16)3-4-13(12)17/h3-4,9,14H,2,5-8,10H2,1H3. The van der Waals surface area contributed by atoms with Crippen molar-refractivity contribution < 1.29 is 18.7 Å². The summed E-state index contributed by atoms with van der Waals surface area (Å²) in [6.45, 7) is 4.63. The number of esters is 1. The Balaban J connectivity index is 2.25. The molecule has 1 aliphatic heterocycles. The largest absolute Gasteiger partial charge is 0.466 e. The molecule has 21 heavy (non-hydrogen) atoms. The predicted octanol–water partition coefficient (Wildman–Crippen LogP) is 2.91. The summed E-state index contributed by atoms with van der Waals surface area (Å²) in [5, 5.41) is 0. The fourth-order valence-corrected chi connectivity index (χ4v) is 2.85. The Bertz CT molecular complexity index is 492. The molecule has 0 saturated carbocycles. The molecular weight excluding hydrogens is 341 g/mol. The first-order valence-corrected chi connectivity index (χ1v) is 7.83. The van der Waals surface area contributed by atoms with Gasteiger partial charge in [-0.1, -0.05) is 15.9 Å². The van der Waals surface area contributed by atoms with Gasteiger partial charge in [-0.05, 0) is 25.1 Å². The first kappa shape index (κ1) is 16.4. The van der Waals surface area contributed by atoms with Gasteiger partial charge in [0.2, 0.25) is 0 Å². The first-order valence-electron chi connectivity index (χ1n) is 7.04. The fraction of sp³-hybridized carbons (Fsp3) is 0.533. The first-order chi connectivity index (χ1) is 10.1. The van der Waals surface area contributed by atoms with Crippen molar-refractivity contribution in [1.29, 1.82) is 0 Å². The zero-order valence-electron chi connectivity index (χ0n) is 12.0. The highest BCUT2D eigenvalue weighted by molar-refractivity contribution is 9.10. The monoisotopic (exact) mass is 359 g/mol. The molecule has 2 rings (SSSR count). The topological polar surface area (TPSA) is 38.8 Å². The number of rotatable bonds is 5. The molecule has 1 atom stereocenters. The van der Waals surface area contributed by atoms with Gasteiger partial charge in [0.25, 0.3) is 0 Å². The normalized spacial score (nSPS) is 17.5. The molecule has 1 unspecified atom stereocenters. The van der Waals surface area contributed by atoms with Gasteiger partial charge in [0.1, 0.15) is 5.82 Å². The second kappa shape index (κ2) is 7.87. The van der Waals surface area contributed by atoms with Gasteiger partial charge in [0.05, 0.1) is 26.2 Å². The average molecular weight is 360 g/mol. The zero-order chi connectivity index (χ0) is 15.2. The third-order valence-corrected chi connectivity index (χ3v) is 3.96. The molecule has 0 radical (unpaired) electrons. The second-order valence-electron chi connectivity index (χ2n) is 4.84. The van der Waals surface area contributed by atoms with Crippen LogP contribution >= 0.6 is 15.9 Å². The number of carbonyl (C=O) groups is 1. The van der Waals surface area contributed by atoms with Crippen LogP contribution in [-0.4, -0.2) is 43.8 Å². The molecule has 1 saturated heterocycles. The van der Waals surface area contributed by atoms with Crippen LogP contribution in [0.1, 0.15) is 24.9 Å². The van der Waals surface area contributed by atoms with Gasteiger partial charge < -0.3 is 9.47 Å². The molecule has 0 spiro atoms. The summed E-state index contributed by atoms with van der Waals surface area (Å²) in [5.74, 6) is -0.618. The summed E-state index contributed by atoms with van der Waals surface area (Å²) in [6.07, 6.45) is 0.140. The molecular formula is C15H19BrFNO3. The van der Waals surface area contributed by atoms with Crippen molar-refractivity contribution >= 4 is 21.9 Å². The highest BCUT2D eigenvalue weighted by Crippen LogP contribution is 2.30. The van der Waals surface area contributed by atoms with E-state index in [1.165, 1.54) is 6.07 Å². The Kier molecular flexibility index (Phi) is 6.14. The number of nitrogens with zero attached hydrogens (tertiary/aromatic N) is 1. The maximum atomic E-state index is 14.2. The molecule has 1 aromatic rings. The number of carbonyl (C=O) groups excluding carboxylic acids is 1. The molecule has 1 aliphatic rings. The van der Waals surface area contributed by atoms with E-state index in [1.54, 1.807) is 19.1 Å². The lowest BCUT2D eigenvalue weighted by Crippen LogP contribution is -2.40. The zero-order valence-corrected chi connectivity index (χ0v) is 13.6. The van der Waals surface area contributed by atoms with Gasteiger partial charge >= 0.3 is 5.97 Å².